The molecule has 0 saturated heterocycles. The summed E-state index contributed by atoms with van der Waals surface area (Å²) in [5, 5.41) is -2.37. The van der Waals surface area contributed by atoms with Gasteiger partial charge >= 0.3 is 6.18 Å². The fourth-order valence-electron chi connectivity index (χ4n) is 1.57. The molecule has 0 aliphatic carbocycles. The van der Waals surface area contributed by atoms with Gasteiger partial charge in [0.15, 0.2) is 11.2 Å². The molecule has 0 aromatic heterocycles. The molecule has 1 unspecified atom stereocenters. The number of alkyl halides is 4. The summed E-state index contributed by atoms with van der Waals surface area (Å²) in [5.74, 6) is -3.14. The number of benzene rings is 1. The number of Topliss-reactive ketones (excluding diaryl/α,β-unsaturated/α-hetero) is 2. The molecule has 0 fully saturated rings. The van der Waals surface area contributed by atoms with Crippen molar-refractivity contribution in [1.82, 2.24) is 0 Å². The minimum atomic E-state index is -5.18. The van der Waals surface area contributed by atoms with Gasteiger partial charge in [-0.25, -0.2) is 0 Å². The van der Waals surface area contributed by atoms with E-state index in [2.05, 4.69) is 0 Å². The van der Waals surface area contributed by atoms with Gasteiger partial charge in [-0.2, -0.15) is 13.2 Å². The van der Waals surface area contributed by atoms with Crippen molar-refractivity contribution >= 4 is 43.1 Å². The van der Waals surface area contributed by atoms with E-state index in [-0.39, 0.29) is 15.6 Å². The van der Waals surface area contributed by atoms with Crippen LogP contribution in [-0.4, -0.2) is 31.4 Å². The maximum absolute atomic E-state index is 12.4. The summed E-state index contributed by atoms with van der Waals surface area (Å²) < 4.78 is 43.2. The summed E-state index contributed by atoms with van der Waals surface area (Å²) in [4.78, 5) is 23.1. The molecule has 0 N–H and O–H groups in total. The van der Waals surface area contributed by atoms with E-state index in [0.29, 0.717) is 5.75 Å². The Morgan fingerprint density at radius 2 is 1.68 bits per heavy atom. The highest BCUT2D eigenvalue weighted by atomic mass is 35.5. The van der Waals surface area contributed by atoms with E-state index >= 15 is 0 Å². The van der Waals surface area contributed by atoms with Crippen LogP contribution in [0.4, 0.5) is 13.2 Å². The van der Waals surface area contributed by atoms with Crippen molar-refractivity contribution in [3.8, 4) is 5.75 Å². The first-order chi connectivity index (χ1) is 11.1. The number of hydrogen-bond donors (Lipinski definition) is 0. The fraction of sp³-hybridized carbons (Fsp3) is 0.500. The van der Waals surface area contributed by atoms with Gasteiger partial charge in [0.25, 0.3) is 14.1 Å². The maximum atomic E-state index is 12.4. The van der Waals surface area contributed by atoms with Crippen LogP contribution in [0.15, 0.2) is 18.2 Å². The highest BCUT2D eigenvalue weighted by Gasteiger charge is 2.45. The zero-order valence-electron chi connectivity index (χ0n) is 14.4. The molecule has 0 spiro atoms. The van der Waals surface area contributed by atoms with Crippen molar-refractivity contribution in [1.29, 1.82) is 0 Å². The van der Waals surface area contributed by atoms with Crippen molar-refractivity contribution in [3.63, 3.8) is 0 Å². The Morgan fingerprint density at radius 1 is 1.16 bits per heavy atom. The second-order valence-electron chi connectivity index (χ2n) is 7.10. The Labute approximate surface area is 155 Å². The van der Waals surface area contributed by atoms with E-state index in [1.54, 1.807) is 0 Å². The summed E-state index contributed by atoms with van der Waals surface area (Å²) in [7, 11) is -2.18. The standard InChI is InChI=1S/C16H19Cl2F3O3Si/c1-15(2,3)25(4,5)24-11-7-6-9(8-10(11)17)13(22)12(18)14(23)16(19,20)21/h6-8,12H,1-5H3. The van der Waals surface area contributed by atoms with Crippen LogP contribution in [0.25, 0.3) is 0 Å². The molecule has 25 heavy (non-hydrogen) atoms. The smallest absolute Gasteiger partial charge is 0.452 e. The van der Waals surface area contributed by atoms with Gasteiger partial charge in [0, 0.05) is 5.56 Å². The molecule has 1 rings (SSSR count). The van der Waals surface area contributed by atoms with Crippen LogP contribution in [0, 0.1) is 0 Å². The minimum Gasteiger partial charge on any atom is -0.543 e. The van der Waals surface area contributed by atoms with Gasteiger partial charge in [0.1, 0.15) is 5.75 Å². The van der Waals surface area contributed by atoms with Gasteiger partial charge in [-0.15, -0.1) is 11.6 Å². The normalized spacial score (nSPS) is 14.2. The average Bonchev–Trinajstić information content (AvgIpc) is 2.44. The van der Waals surface area contributed by atoms with Crippen molar-refractivity contribution in [3.05, 3.63) is 28.8 Å². The summed E-state index contributed by atoms with van der Waals surface area (Å²) in [6, 6.07) is 3.80. The van der Waals surface area contributed by atoms with E-state index < -0.39 is 31.4 Å². The predicted octanol–water partition coefficient (Wildman–Crippen LogP) is 5.65. The molecule has 0 saturated carbocycles. The first kappa shape index (κ1) is 22.0. The largest absolute Gasteiger partial charge is 0.543 e. The summed E-state index contributed by atoms with van der Waals surface area (Å²) in [6.45, 7) is 10.1. The number of rotatable bonds is 5. The van der Waals surface area contributed by atoms with E-state index in [4.69, 9.17) is 27.6 Å². The van der Waals surface area contributed by atoms with Gasteiger partial charge in [-0.1, -0.05) is 32.4 Å². The highest BCUT2D eigenvalue weighted by molar-refractivity contribution is 6.74. The van der Waals surface area contributed by atoms with Gasteiger partial charge < -0.3 is 4.43 Å². The number of carbonyl (C=O) groups is 2. The van der Waals surface area contributed by atoms with Crippen molar-refractivity contribution in [2.75, 3.05) is 0 Å². The summed E-state index contributed by atoms with van der Waals surface area (Å²) >= 11 is 11.5. The first-order valence-electron chi connectivity index (χ1n) is 7.36. The maximum Gasteiger partial charge on any atom is 0.452 e. The fourth-order valence-corrected chi connectivity index (χ4v) is 3.14. The molecule has 0 heterocycles. The Hall–Kier alpha value is -1.05. The van der Waals surface area contributed by atoms with Crippen LogP contribution >= 0.6 is 23.2 Å². The number of carbonyl (C=O) groups excluding carboxylic acids is 2. The molecule has 0 amide bonds. The third-order valence-electron chi connectivity index (χ3n) is 4.13. The second kappa shape index (κ2) is 7.29. The molecule has 9 heteroatoms. The zero-order chi connectivity index (χ0) is 19.8. The number of hydrogen-bond acceptors (Lipinski definition) is 3. The van der Waals surface area contributed by atoms with Gasteiger partial charge in [0.05, 0.1) is 5.02 Å². The van der Waals surface area contributed by atoms with E-state index in [1.165, 1.54) is 12.1 Å². The van der Waals surface area contributed by atoms with E-state index in [9.17, 15) is 22.8 Å². The van der Waals surface area contributed by atoms with Crippen LogP contribution in [0.5, 0.6) is 5.75 Å². The Morgan fingerprint density at radius 3 is 2.08 bits per heavy atom. The molecule has 1 atom stereocenters. The quantitative estimate of drug-likeness (QED) is 0.270. The molecule has 3 nitrogen and oxygen atoms in total. The zero-order valence-corrected chi connectivity index (χ0v) is 16.9. The van der Waals surface area contributed by atoms with Crippen molar-refractivity contribution < 1.29 is 27.2 Å². The lowest BCUT2D eigenvalue weighted by Crippen LogP contribution is -2.43. The van der Waals surface area contributed by atoms with Crippen LogP contribution in [-0.2, 0) is 4.79 Å². The lowest BCUT2D eigenvalue weighted by molar-refractivity contribution is -0.169. The Balaban J connectivity index is 3.07. The SMILES string of the molecule is CC(C)(C)[Si](C)(C)Oc1ccc(C(=O)C(Cl)C(=O)C(F)(F)F)cc1Cl. The van der Waals surface area contributed by atoms with Gasteiger partial charge in [-0.3, -0.25) is 9.59 Å². The Bertz CT molecular complexity index is 682. The monoisotopic (exact) mass is 414 g/mol. The topological polar surface area (TPSA) is 43.4 Å². The lowest BCUT2D eigenvalue weighted by Gasteiger charge is -2.36. The highest BCUT2D eigenvalue weighted by Crippen LogP contribution is 2.39. The first-order valence-corrected chi connectivity index (χ1v) is 11.1. The minimum absolute atomic E-state index is 0.0685. The lowest BCUT2D eigenvalue weighted by atomic mass is 10.1. The molecule has 140 valence electrons. The van der Waals surface area contributed by atoms with Gasteiger partial charge in [0.2, 0.25) is 0 Å². The van der Waals surface area contributed by atoms with Crippen LogP contribution in [0.3, 0.4) is 0 Å². The molecule has 1 aromatic rings. The van der Waals surface area contributed by atoms with Crippen molar-refractivity contribution in [2.24, 2.45) is 0 Å². The third kappa shape index (κ3) is 5.21. The van der Waals surface area contributed by atoms with Crippen LogP contribution in [0.1, 0.15) is 31.1 Å². The molecule has 0 radical (unpaired) electrons. The molecular weight excluding hydrogens is 396 g/mol. The predicted molar refractivity (Wildman–Crippen MR) is 94.3 cm³/mol. The van der Waals surface area contributed by atoms with Crippen LogP contribution < -0.4 is 4.43 Å². The van der Waals surface area contributed by atoms with E-state index in [1.807, 2.05) is 33.9 Å². The Kier molecular flexibility index (Phi) is 6.41. The molecule has 0 bridgehead atoms. The van der Waals surface area contributed by atoms with E-state index in [0.717, 1.165) is 6.07 Å². The summed E-state index contributed by atoms with van der Waals surface area (Å²) in [6.07, 6.45) is -5.18. The number of ketones is 2. The third-order valence-corrected chi connectivity index (χ3v) is 9.16. The van der Waals surface area contributed by atoms with Crippen molar-refractivity contribution in [2.45, 2.75) is 50.5 Å². The van der Waals surface area contributed by atoms with Gasteiger partial charge in [-0.05, 0) is 36.3 Å². The second-order valence-corrected chi connectivity index (χ2v) is 12.7. The number of halogens is 5. The molecule has 0 aliphatic rings. The average molecular weight is 415 g/mol. The molecular formula is C16H19Cl2F3O3Si. The molecule has 1 aromatic carbocycles. The molecule has 0 aliphatic heterocycles. The van der Waals surface area contributed by atoms with Crippen LogP contribution in [0.2, 0.25) is 23.2 Å². The summed E-state index contributed by atoms with van der Waals surface area (Å²) in [5.41, 5.74) is -0.190.